The molecular weight excluding hydrogens is 448 g/mol. The van der Waals surface area contributed by atoms with Crippen molar-refractivity contribution in [1.29, 1.82) is 0 Å². The molecule has 1 saturated heterocycles. The third-order valence-electron chi connectivity index (χ3n) is 6.16. The van der Waals surface area contributed by atoms with E-state index in [4.69, 9.17) is 4.74 Å². The minimum Gasteiger partial charge on any atom is -0.497 e. The number of aliphatic imine (C=N–C) groups is 1. The number of imide groups is 1. The van der Waals surface area contributed by atoms with E-state index in [1.54, 1.807) is 48.7 Å². The molecule has 3 N–H and O–H groups in total. The molecule has 176 valence electrons. The highest BCUT2D eigenvalue weighted by Gasteiger charge is 2.48. The molecule has 1 unspecified atom stereocenters. The molecule has 3 heterocycles. The number of benzene rings is 2. The molecule has 0 radical (unpaired) electrons. The number of nitrogens with one attached hydrogen (secondary N) is 2. The van der Waals surface area contributed by atoms with Crippen molar-refractivity contribution in [3.05, 3.63) is 77.0 Å². The van der Waals surface area contributed by atoms with Crippen LogP contribution in [0.4, 0.5) is 4.79 Å². The molecule has 4 amide bonds. The number of urea groups is 1. The van der Waals surface area contributed by atoms with E-state index >= 15 is 0 Å². The van der Waals surface area contributed by atoms with Gasteiger partial charge in [0.05, 0.1) is 19.4 Å². The SMILES string of the molecule is COc1ccc2c(c1)C(=O)N(C[C@@]1(C#Cc3ccc(C4=NC=CCC4O)cc3)NC(=O)NC1=O)C2. The molecule has 0 aliphatic carbocycles. The molecule has 2 aromatic rings. The van der Waals surface area contributed by atoms with Gasteiger partial charge in [-0.25, -0.2) is 4.79 Å². The smallest absolute Gasteiger partial charge is 0.323 e. The Balaban J connectivity index is 1.40. The quantitative estimate of drug-likeness (QED) is 0.460. The molecule has 3 aliphatic rings. The van der Waals surface area contributed by atoms with Crippen LogP contribution in [-0.4, -0.2) is 58.9 Å². The van der Waals surface area contributed by atoms with E-state index in [0.29, 0.717) is 35.6 Å². The molecule has 3 aliphatic heterocycles. The number of ether oxygens (including phenoxy) is 1. The lowest BCUT2D eigenvalue weighted by Crippen LogP contribution is -2.54. The van der Waals surface area contributed by atoms with E-state index in [1.165, 1.54) is 12.0 Å². The van der Waals surface area contributed by atoms with Crippen molar-refractivity contribution in [2.24, 2.45) is 4.99 Å². The van der Waals surface area contributed by atoms with Crippen LogP contribution in [0.15, 0.2) is 59.7 Å². The summed E-state index contributed by atoms with van der Waals surface area (Å²) in [4.78, 5) is 43.6. The zero-order valence-electron chi connectivity index (χ0n) is 18.9. The summed E-state index contributed by atoms with van der Waals surface area (Å²) >= 11 is 0. The standard InChI is InChI=1S/C26H22N4O5/c1-35-19-9-8-18-14-30(23(32)20(18)13-19)15-26(24(33)28-25(34)29-26)11-10-16-4-6-17(7-5-16)22-21(31)3-2-12-27-22/h2,4-9,12-13,21,31H,3,14-15H2,1H3,(H2,28,29,33,34)/t21?,26-/m1/s1. The van der Waals surface area contributed by atoms with Crippen LogP contribution in [-0.2, 0) is 11.3 Å². The summed E-state index contributed by atoms with van der Waals surface area (Å²) in [5, 5.41) is 15.0. The Hall–Kier alpha value is -4.42. The van der Waals surface area contributed by atoms with Gasteiger partial charge in [0, 0.05) is 23.9 Å². The Morgan fingerprint density at radius 1 is 1.20 bits per heavy atom. The Morgan fingerprint density at radius 3 is 2.69 bits per heavy atom. The Kier molecular flexibility index (Phi) is 5.59. The maximum Gasteiger partial charge on any atom is 0.323 e. The third-order valence-corrected chi connectivity index (χ3v) is 6.16. The second-order valence-corrected chi connectivity index (χ2v) is 8.48. The fourth-order valence-corrected chi connectivity index (χ4v) is 4.30. The lowest BCUT2D eigenvalue weighted by atomic mass is 9.98. The Labute approximate surface area is 201 Å². The number of hydrogen-bond acceptors (Lipinski definition) is 6. The number of fused-ring (bicyclic) bond motifs is 1. The molecule has 2 atom stereocenters. The fraction of sp³-hybridized carbons (Fsp3) is 0.231. The van der Waals surface area contributed by atoms with Crippen molar-refractivity contribution in [2.45, 2.75) is 24.6 Å². The predicted molar refractivity (Wildman–Crippen MR) is 127 cm³/mol. The van der Waals surface area contributed by atoms with E-state index in [9.17, 15) is 19.5 Å². The third kappa shape index (κ3) is 4.16. The van der Waals surface area contributed by atoms with E-state index in [1.807, 2.05) is 6.07 Å². The Bertz CT molecular complexity index is 1350. The summed E-state index contributed by atoms with van der Waals surface area (Å²) in [6.45, 7) is 0.180. The molecule has 9 nitrogen and oxygen atoms in total. The van der Waals surface area contributed by atoms with Gasteiger partial charge in [-0.05, 0) is 41.8 Å². The van der Waals surface area contributed by atoms with Gasteiger partial charge in [-0.1, -0.05) is 36.1 Å². The zero-order valence-corrected chi connectivity index (χ0v) is 18.9. The number of carbonyl (C=O) groups excluding carboxylic acids is 3. The van der Waals surface area contributed by atoms with Crippen LogP contribution in [0.2, 0.25) is 0 Å². The highest BCUT2D eigenvalue weighted by molar-refractivity contribution is 6.10. The maximum absolute atomic E-state index is 13.0. The number of carbonyl (C=O) groups is 3. The fourth-order valence-electron chi connectivity index (χ4n) is 4.30. The van der Waals surface area contributed by atoms with Crippen molar-refractivity contribution >= 4 is 23.6 Å². The lowest BCUT2D eigenvalue weighted by Gasteiger charge is -2.26. The summed E-state index contributed by atoms with van der Waals surface area (Å²) in [7, 11) is 1.52. The first-order chi connectivity index (χ1) is 16.9. The summed E-state index contributed by atoms with van der Waals surface area (Å²) in [5.74, 6) is 5.53. The highest BCUT2D eigenvalue weighted by Crippen LogP contribution is 2.28. The molecule has 35 heavy (non-hydrogen) atoms. The second-order valence-electron chi connectivity index (χ2n) is 8.48. The summed E-state index contributed by atoms with van der Waals surface area (Å²) < 4.78 is 5.21. The molecule has 1 fully saturated rings. The van der Waals surface area contributed by atoms with Gasteiger partial charge in [0.15, 0.2) is 0 Å². The number of methoxy groups -OCH3 is 1. The van der Waals surface area contributed by atoms with Crippen molar-refractivity contribution in [3.63, 3.8) is 0 Å². The van der Waals surface area contributed by atoms with Crippen molar-refractivity contribution in [3.8, 4) is 17.6 Å². The monoisotopic (exact) mass is 470 g/mol. The van der Waals surface area contributed by atoms with Gasteiger partial charge in [-0.2, -0.15) is 0 Å². The van der Waals surface area contributed by atoms with Crippen LogP contribution in [0.25, 0.3) is 0 Å². The first-order valence-electron chi connectivity index (χ1n) is 11.0. The molecule has 5 rings (SSSR count). The molecule has 9 heteroatoms. The van der Waals surface area contributed by atoms with Crippen molar-refractivity contribution in [1.82, 2.24) is 15.5 Å². The molecule has 0 spiro atoms. The largest absolute Gasteiger partial charge is 0.497 e. The minimum atomic E-state index is -1.59. The van der Waals surface area contributed by atoms with Crippen LogP contribution in [0, 0.1) is 11.8 Å². The number of amides is 4. The van der Waals surface area contributed by atoms with Crippen LogP contribution in [0.1, 0.15) is 33.5 Å². The van der Waals surface area contributed by atoms with E-state index in [2.05, 4.69) is 27.5 Å². The molecule has 2 aromatic carbocycles. The summed E-state index contributed by atoms with van der Waals surface area (Å²) in [6, 6.07) is 11.7. The Morgan fingerprint density at radius 2 is 2.00 bits per heavy atom. The first kappa shape index (κ1) is 22.4. The summed E-state index contributed by atoms with van der Waals surface area (Å²) in [5.41, 5.74) is 1.66. The van der Waals surface area contributed by atoms with Crippen LogP contribution in [0.3, 0.4) is 0 Å². The second kappa shape index (κ2) is 8.74. The molecule has 0 bridgehead atoms. The van der Waals surface area contributed by atoms with E-state index in [-0.39, 0.29) is 12.5 Å². The topological polar surface area (TPSA) is 120 Å². The predicted octanol–water partition coefficient (Wildman–Crippen LogP) is 1.35. The van der Waals surface area contributed by atoms with Gasteiger partial charge in [-0.3, -0.25) is 19.9 Å². The minimum absolute atomic E-state index is 0.110. The van der Waals surface area contributed by atoms with Crippen LogP contribution in [0.5, 0.6) is 5.75 Å². The van der Waals surface area contributed by atoms with Gasteiger partial charge < -0.3 is 20.1 Å². The average molecular weight is 470 g/mol. The number of hydrogen-bond donors (Lipinski definition) is 3. The number of rotatable bonds is 4. The van der Waals surface area contributed by atoms with Crippen molar-refractivity contribution < 1.29 is 24.2 Å². The lowest BCUT2D eigenvalue weighted by molar-refractivity contribution is -0.122. The molecular formula is C26H22N4O5. The van der Waals surface area contributed by atoms with Crippen LogP contribution < -0.4 is 15.4 Å². The number of aliphatic hydroxyl groups excluding tert-OH is 1. The van der Waals surface area contributed by atoms with Gasteiger partial charge in [-0.15, -0.1) is 0 Å². The maximum atomic E-state index is 13.0. The first-order valence-corrected chi connectivity index (χ1v) is 11.0. The molecule has 0 aromatic heterocycles. The number of nitrogens with zero attached hydrogens (tertiary/aromatic N) is 2. The average Bonchev–Trinajstić information content (AvgIpc) is 3.32. The van der Waals surface area contributed by atoms with E-state index in [0.717, 1.165) is 11.1 Å². The van der Waals surface area contributed by atoms with Gasteiger partial charge in [0.2, 0.25) is 5.54 Å². The molecule has 0 saturated carbocycles. The summed E-state index contributed by atoms with van der Waals surface area (Å²) in [6.07, 6.45) is 3.30. The van der Waals surface area contributed by atoms with E-state index < -0.39 is 23.6 Å². The van der Waals surface area contributed by atoms with Crippen LogP contribution >= 0.6 is 0 Å². The highest BCUT2D eigenvalue weighted by atomic mass is 16.5. The zero-order chi connectivity index (χ0) is 24.6. The van der Waals surface area contributed by atoms with Gasteiger partial charge in [0.1, 0.15) is 11.9 Å². The van der Waals surface area contributed by atoms with Gasteiger partial charge >= 0.3 is 6.03 Å². The van der Waals surface area contributed by atoms with Gasteiger partial charge in [0.25, 0.3) is 11.8 Å². The normalized spacial score (nSPS) is 22.7. The van der Waals surface area contributed by atoms with Crippen molar-refractivity contribution in [2.75, 3.05) is 13.7 Å². The number of aliphatic hydroxyl groups is 1.